The van der Waals surface area contributed by atoms with Crippen LogP contribution in [0.5, 0.6) is 0 Å². The normalized spacial score (nSPS) is 10.2. The van der Waals surface area contributed by atoms with Gasteiger partial charge >= 0.3 is 0 Å². The lowest BCUT2D eigenvalue weighted by atomic mass is 10.0. The molecule has 0 N–H and O–H groups in total. The first-order valence-electron chi connectivity index (χ1n) is 6.94. The molecular weight excluding hydrogens is 270 g/mol. The molecule has 3 nitrogen and oxygen atoms in total. The smallest absolute Gasteiger partial charge is 0.159 e. The molecule has 106 valence electrons. The molecule has 0 saturated carbocycles. The van der Waals surface area contributed by atoms with Crippen LogP contribution in [0.4, 0.5) is 0 Å². The maximum absolute atomic E-state index is 4.68. The summed E-state index contributed by atoms with van der Waals surface area (Å²) in [7, 11) is 0. The zero-order valence-electron chi connectivity index (χ0n) is 12.1. The summed E-state index contributed by atoms with van der Waals surface area (Å²) in [5, 5.41) is 0. The van der Waals surface area contributed by atoms with Gasteiger partial charge in [-0.3, -0.25) is 4.98 Å². The van der Waals surface area contributed by atoms with Gasteiger partial charge in [-0.05, 0) is 11.6 Å². The fraction of sp³-hybridized carbons (Fsp3) is 0. The second-order valence-corrected chi connectivity index (χ2v) is 4.79. The molecule has 0 atom stereocenters. The molecule has 22 heavy (non-hydrogen) atoms. The van der Waals surface area contributed by atoms with Crippen molar-refractivity contribution in [1.29, 1.82) is 0 Å². The maximum Gasteiger partial charge on any atom is 0.159 e. The predicted molar refractivity (Wildman–Crippen MR) is 89.9 cm³/mol. The van der Waals surface area contributed by atoms with Gasteiger partial charge in [-0.1, -0.05) is 55.6 Å². The van der Waals surface area contributed by atoms with E-state index in [9.17, 15) is 0 Å². The lowest BCUT2D eigenvalue weighted by molar-refractivity contribution is 1.15. The molecule has 3 rings (SSSR count). The highest BCUT2D eigenvalue weighted by Crippen LogP contribution is 2.28. The molecule has 0 fully saturated rings. The highest BCUT2D eigenvalue weighted by molar-refractivity contribution is 5.82. The van der Waals surface area contributed by atoms with Gasteiger partial charge in [0.1, 0.15) is 0 Å². The maximum atomic E-state index is 4.68. The van der Waals surface area contributed by atoms with Gasteiger partial charge in [-0.2, -0.15) is 0 Å². The van der Waals surface area contributed by atoms with E-state index in [0.717, 1.165) is 28.0 Å². The van der Waals surface area contributed by atoms with Gasteiger partial charge in [0.05, 0.1) is 5.69 Å². The standard InChI is InChI=1S/C19H15N3/c1-3-14(2)18-17(16-10-7-11-20-12-16)13-21-19(22-18)15-8-5-4-6-9-15/h3-13H,1-2H2. The molecular formula is C19H15N3. The molecule has 0 aliphatic carbocycles. The van der Waals surface area contributed by atoms with Crippen LogP contribution in [-0.2, 0) is 0 Å². The number of pyridine rings is 1. The predicted octanol–water partition coefficient (Wildman–Crippen LogP) is 4.40. The van der Waals surface area contributed by atoms with E-state index in [4.69, 9.17) is 0 Å². The zero-order chi connectivity index (χ0) is 15.4. The van der Waals surface area contributed by atoms with E-state index in [1.807, 2.05) is 48.7 Å². The van der Waals surface area contributed by atoms with Crippen LogP contribution >= 0.6 is 0 Å². The van der Waals surface area contributed by atoms with Crippen molar-refractivity contribution >= 4 is 5.57 Å². The van der Waals surface area contributed by atoms with Gasteiger partial charge in [0, 0.05) is 35.3 Å². The third kappa shape index (κ3) is 2.69. The minimum Gasteiger partial charge on any atom is -0.264 e. The van der Waals surface area contributed by atoms with Crippen molar-refractivity contribution in [1.82, 2.24) is 15.0 Å². The highest BCUT2D eigenvalue weighted by atomic mass is 14.9. The minimum absolute atomic E-state index is 0.672. The van der Waals surface area contributed by atoms with E-state index in [1.165, 1.54) is 0 Å². The second kappa shape index (κ2) is 6.14. The molecule has 0 aliphatic rings. The number of aromatic nitrogens is 3. The van der Waals surface area contributed by atoms with Gasteiger partial charge in [-0.15, -0.1) is 0 Å². The molecule has 2 heterocycles. The summed E-state index contributed by atoms with van der Waals surface area (Å²) in [4.78, 5) is 13.3. The topological polar surface area (TPSA) is 38.7 Å². The van der Waals surface area contributed by atoms with Crippen LogP contribution in [0, 0.1) is 0 Å². The fourth-order valence-corrected chi connectivity index (χ4v) is 2.18. The van der Waals surface area contributed by atoms with Gasteiger partial charge < -0.3 is 0 Å². The zero-order valence-corrected chi connectivity index (χ0v) is 12.1. The molecule has 0 saturated heterocycles. The van der Waals surface area contributed by atoms with Crippen molar-refractivity contribution in [2.45, 2.75) is 0 Å². The monoisotopic (exact) mass is 285 g/mol. The molecule has 0 bridgehead atoms. The Kier molecular flexibility index (Phi) is 3.88. The van der Waals surface area contributed by atoms with Crippen molar-refractivity contribution in [3.05, 3.63) is 86.0 Å². The van der Waals surface area contributed by atoms with E-state index in [0.29, 0.717) is 5.82 Å². The van der Waals surface area contributed by atoms with Crippen LogP contribution in [0.25, 0.3) is 28.1 Å². The Labute approximate surface area is 129 Å². The lowest BCUT2D eigenvalue weighted by Crippen LogP contribution is -1.98. The summed E-state index contributed by atoms with van der Waals surface area (Å²) in [6.45, 7) is 7.83. The van der Waals surface area contributed by atoms with Gasteiger partial charge in [0.15, 0.2) is 5.82 Å². The van der Waals surface area contributed by atoms with E-state index < -0.39 is 0 Å². The fourth-order valence-electron chi connectivity index (χ4n) is 2.18. The van der Waals surface area contributed by atoms with E-state index in [-0.39, 0.29) is 0 Å². The lowest BCUT2D eigenvalue weighted by Gasteiger charge is -2.10. The van der Waals surface area contributed by atoms with Crippen molar-refractivity contribution in [2.24, 2.45) is 0 Å². The minimum atomic E-state index is 0.672. The molecule has 3 heteroatoms. The molecule has 0 radical (unpaired) electrons. The van der Waals surface area contributed by atoms with Crippen molar-refractivity contribution in [3.63, 3.8) is 0 Å². The molecule has 0 spiro atoms. The Morgan fingerprint density at radius 2 is 1.73 bits per heavy atom. The van der Waals surface area contributed by atoms with E-state index in [2.05, 4.69) is 28.1 Å². The molecule has 0 unspecified atom stereocenters. The average Bonchev–Trinajstić information content (AvgIpc) is 2.62. The Balaban J connectivity index is 2.16. The number of benzene rings is 1. The molecule has 2 aromatic heterocycles. The summed E-state index contributed by atoms with van der Waals surface area (Å²) in [6.07, 6.45) is 7.05. The van der Waals surface area contributed by atoms with Gasteiger partial charge in [0.25, 0.3) is 0 Å². The number of hydrogen-bond acceptors (Lipinski definition) is 3. The van der Waals surface area contributed by atoms with Crippen LogP contribution in [-0.4, -0.2) is 15.0 Å². The van der Waals surface area contributed by atoms with Gasteiger partial charge in [0.2, 0.25) is 0 Å². The SMILES string of the molecule is C=CC(=C)c1nc(-c2ccccc2)ncc1-c1cccnc1. The highest BCUT2D eigenvalue weighted by Gasteiger charge is 2.12. The molecule has 3 aromatic rings. The van der Waals surface area contributed by atoms with Crippen LogP contribution in [0.3, 0.4) is 0 Å². The summed E-state index contributed by atoms with van der Waals surface area (Å²) in [5.41, 5.74) is 4.37. The number of nitrogens with zero attached hydrogens (tertiary/aromatic N) is 3. The summed E-state index contributed by atoms with van der Waals surface area (Å²) in [6, 6.07) is 13.7. The Morgan fingerprint density at radius 3 is 2.41 bits per heavy atom. The van der Waals surface area contributed by atoms with E-state index >= 15 is 0 Å². The average molecular weight is 285 g/mol. The summed E-state index contributed by atoms with van der Waals surface area (Å²) >= 11 is 0. The summed E-state index contributed by atoms with van der Waals surface area (Å²) in [5.74, 6) is 0.672. The van der Waals surface area contributed by atoms with E-state index in [1.54, 1.807) is 18.5 Å². The summed E-state index contributed by atoms with van der Waals surface area (Å²) < 4.78 is 0. The quantitative estimate of drug-likeness (QED) is 0.667. The molecule has 0 aliphatic heterocycles. The Morgan fingerprint density at radius 1 is 0.955 bits per heavy atom. The molecule has 0 amide bonds. The first-order valence-corrected chi connectivity index (χ1v) is 6.94. The van der Waals surface area contributed by atoms with Crippen LogP contribution in [0.1, 0.15) is 5.69 Å². The van der Waals surface area contributed by atoms with Crippen LogP contribution in [0.2, 0.25) is 0 Å². The number of allylic oxidation sites excluding steroid dienone is 2. The van der Waals surface area contributed by atoms with Crippen molar-refractivity contribution < 1.29 is 0 Å². The van der Waals surface area contributed by atoms with Crippen LogP contribution < -0.4 is 0 Å². The largest absolute Gasteiger partial charge is 0.264 e. The Hall–Kier alpha value is -3.07. The van der Waals surface area contributed by atoms with Crippen LogP contribution in [0.15, 0.2) is 80.3 Å². The molecule has 1 aromatic carbocycles. The van der Waals surface area contributed by atoms with Crippen molar-refractivity contribution in [3.8, 4) is 22.5 Å². The third-order valence-corrected chi connectivity index (χ3v) is 3.34. The Bertz CT molecular complexity index is 809. The number of hydrogen-bond donors (Lipinski definition) is 0. The third-order valence-electron chi connectivity index (χ3n) is 3.34. The van der Waals surface area contributed by atoms with Gasteiger partial charge in [-0.25, -0.2) is 9.97 Å². The van der Waals surface area contributed by atoms with Crippen molar-refractivity contribution in [2.75, 3.05) is 0 Å². The first-order chi connectivity index (χ1) is 10.8. The number of rotatable bonds is 4. The second-order valence-electron chi connectivity index (χ2n) is 4.79. The first kappa shape index (κ1) is 13.9.